The van der Waals surface area contributed by atoms with Gasteiger partial charge in [-0.1, -0.05) is 0 Å². The highest BCUT2D eigenvalue weighted by atomic mass is 19.1. The predicted octanol–water partition coefficient (Wildman–Crippen LogP) is 2.60. The van der Waals surface area contributed by atoms with Crippen molar-refractivity contribution in [3.63, 3.8) is 0 Å². The maximum absolute atomic E-state index is 14.3. The van der Waals surface area contributed by atoms with Crippen LogP contribution in [0.15, 0.2) is 48.9 Å². The summed E-state index contributed by atoms with van der Waals surface area (Å²) in [4.78, 5) is 0. The van der Waals surface area contributed by atoms with E-state index in [0.717, 1.165) is 0 Å². The van der Waals surface area contributed by atoms with E-state index in [1.54, 1.807) is 34.6 Å². The van der Waals surface area contributed by atoms with Gasteiger partial charge >= 0.3 is 0 Å². The predicted molar refractivity (Wildman–Crippen MR) is 72.3 cm³/mol. The highest BCUT2D eigenvalue weighted by Crippen LogP contribution is 2.29. The second-order valence-electron chi connectivity index (χ2n) is 4.32. The highest BCUT2D eigenvalue weighted by molar-refractivity contribution is 5.71. The number of benzene rings is 1. The second kappa shape index (κ2) is 4.28. The zero-order valence-electron chi connectivity index (χ0n) is 10.4. The lowest BCUT2D eigenvalue weighted by molar-refractivity contribution is 0.627. The number of anilines is 1. The Hall–Kier alpha value is -2.56. The normalized spacial score (nSPS) is 10.8. The molecule has 0 aliphatic rings. The van der Waals surface area contributed by atoms with Gasteiger partial charge in [-0.25, -0.2) is 4.39 Å². The fourth-order valence-corrected chi connectivity index (χ4v) is 2.13. The Morgan fingerprint density at radius 2 is 1.95 bits per heavy atom. The minimum Gasteiger partial charge on any atom is -0.397 e. The summed E-state index contributed by atoms with van der Waals surface area (Å²) >= 11 is 0. The molecule has 0 aliphatic heterocycles. The quantitative estimate of drug-likeness (QED) is 0.716. The molecule has 0 aliphatic carbocycles. The molecule has 0 saturated carbocycles. The summed E-state index contributed by atoms with van der Waals surface area (Å²) in [6.45, 7) is 0. The molecule has 2 aromatic heterocycles. The Morgan fingerprint density at radius 3 is 2.58 bits per heavy atom. The number of hydrogen-bond acceptors (Lipinski definition) is 2. The van der Waals surface area contributed by atoms with E-state index in [0.29, 0.717) is 22.6 Å². The summed E-state index contributed by atoms with van der Waals surface area (Å²) < 4.78 is 17.7. The van der Waals surface area contributed by atoms with Gasteiger partial charge in [0.1, 0.15) is 5.82 Å². The summed E-state index contributed by atoms with van der Waals surface area (Å²) in [5.74, 6) is -0.318. The van der Waals surface area contributed by atoms with Gasteiger partial charge in [0.25, 0.3) is 0 Å². The van der Waals surface area contributed by atoms with Gasteiger partial charge in [0, 0.05) is 37.3 Å². The Labute approximate surface area is 109 Å². The number of nitrogens with zero attached hydrogens (tertiary/aromatic N) is 3. The van der Waals surface area contributed by atoms with Crippen LogP contribution in [0.25, 0.3) is 16.9 Å². The van der Waals surface area contributed by atoms with Gasteiger partial charge in [0.15, 0.2) is 0 Å². The van der Waals surface area contributed by atoms with Crippen LogP contribution in [-0.2, 0) is 7.05 Å². The molecular weight excluding hydrogens is 243 g/mol. The molecule has 4 nitrogen and oxygen atoms in total. The van der Waals surface area contributed by atoms with Crippen LogP contribution in [0.4, 0.5) is 10.1 Å². The van der Waals surface area contributed by atoms with Gasteiger partial charge in [-0.3, -0.25) is 4.68 Å². The van der Waals surface area contributed by atoms with E-state index in [1.165, 1.54) is 6.07 Å². The summed E-state index contributed by atoms with van der Waals surface area (Å²) in [6, 6.07) is 8.57. The van der Waals surface area contributed by atoms with Crippen LogP contribution in [0.1, 0.15) is 0 Å². The Morgan fingerprint density at radius 1 is 1.21 bits per heavy atom. The molecule has 1 aromatic carbocycles. The molecule has 2 heterocycles. The molecule has 0 saturated heterocycles. The van der Waals surface area contributed by atoms with Crippen LogP contribution in [-0.4, -0.2) is 14.3 Å². The lowest BCUT2D eigenvalue weighted by Crippen LogP contribution is -2.02. The van der Waals surface area contributed by atoms with Crippen molar-refractivity contribution in [2.75, 3.05) is 5.73 Å². The molecule has 0 fully saturated rings. The first-order valence-corrected chi connectivity index (χ1v) is 5.87. The van der Waals surface area contributed by atoms with E-state index in [4.69, 9.17) is 5.73 Å². The molecule has 0 radical (unpaired) electrons. The van der Waals surface area contributed by atoms with Crippen LogP contribution in [0.3, 0.4) is 0 Å². The number of nitrogen functional groups attached to an aromatic ring is 1. The van der Waals surface area contributed by atoms with Gasteiger partial charge in [0.2, 0.25) is 0 Å². The molecule has 3 rings (SSSR count). The third-order valence-electron chi connectivity index (χ3n) is 3.10. The number of hydrogen-bond donors (Lipinski definition) is 1. The minimum atomic E-state index is -0.318. The standard InChI is InChI=1S/C14H13FN4/c1-18-13(4-5-17-18)10-8-12(16)14(9-11(10)15)19-6-2-3-7-19/h2-9H,16H2,1H3. The van der Waals surface area contributed by atoms with Crippen molar-refractivity contribution in [3.8, 4) is 16.9 Å². The third kappa shape index (κ3) is 1.89. The van der Waals surface area contributed by atoms with Crippen molar-refractivity contribution >= 4 is 5.69 Å². The summed E-state index contributed by atoms with van der Waals surface area (Å²) in [5.41, 5.74) is 8.32. The summed E-state index contributed by atoms with van der Waals surface area (Å²) in [6.07, 6.45) is 5.29. The number of aromatic nitrogens is 3. The van der Waals surface area contributed by atoms with Crippen molar-refractivity contribution in [1.82, 2.24) is 14.3 Å². The maximum Gasteiger partial charge on any atom is 0.134 e. The lowest BCUT2D eigenvalue weighted by atomic mass is 10.1. The fraction of sp³-hybridized carbons (Fsp3) is 0.0714. The van der Waals surface area contributed by atoms with Crippen molar-refractivity contribution in [3.05, 3.63) is 54.7 Å². The van der Waals surface area contributed by atoms with Crippen LogP contribution in [0.2, 0.25) is 0 Å². The first-order valence-electron chi connectivity index (χ1n) is 5.87. The molecule has 3 aromatic rings. The lowest BCUT2D eigenvalue weighted by Gasteiger charge is -2.11. The second-order valence-corrected chi connectivity index (χ2v) is 4.32. The largest absolute Gasteiger partial charge is 0.397 e. The molecule has 0 atom stereocenters. The van der Waals surface area contributed by atoms with Crippen molar-refractivity contribution in [1.29, 1.82) is 0 Å². The maximum atomic E-state index is 14.3. The van der Waals surface area contributed by atoms with Crippen LogP contribution in [0, 0.1) is 5.82 Å². The van der Waals surface area contributed by atoms with E-state index >= 15 is 0 Å². The van der Waals surface area contributed by atoms with E-state index < -0.39 is 0 Å². The zero-order valence-corrected chi connectivity index (χ0v) is 10.4. The van der Waals surface area contributed by atoms with Crippen LogP contribution in [0.5, 0.6) is 0 Å². The van der Waals surface area contributed by atoms with E-state index in [9.17, 15) is 4.39 Å². The van der Waals surface area contributed by atoms with E-state index in [1.807, 2.05) is 24.5 Å². The Bertz CT molecular complexity index is 713. The molecule has 0 amide bonds. The van der Waals surface area contributed by atoms with E-state index in [2.05, 4.69) is 5.10 Å². The average Bonchev–Trinajstić information content (AvgIpc) is 3.03. The average molecular weight is 256 g/mol. The summed E-state index contributed by atoms with van der Waals surface area (Å²) in [5, 5.41) is 4.04. The van der Waals surface area contributed by atoms with E-state index in [-0.39, 0.29) is 5.82 Å². The molecule has 0 spiro atoms. The smallest absolute Gasteiger partial charge is 0.134 e. The zero-order chi connectivity index (χ0) is 13.4. The van der Waals surface area contributed by atoms with Gasteiger partial charge in [-0.05, 0) is 24.3 Å². The monoisotopic (exact) mass is 256 g/mol. The SMILES string of the molecule is Cn1nccc1-c1cc(N)c(-n2cccc2)cc1F. The number of halogens is 1. The molecule has 19 heavy (non-hydrogen) atoms. The highest BCUT2D eigenvalue weighted by Gasteiger charge is 2.13. The van der Waals surface area contributed by atoms with Gasteiger partial charge in [-0.15, -0.1) is 0 Å². The van der Waals surface area contributed by atoms with Gasteiger partial charge in [-0.2, -0.15) is 5.10 Å². The first-order chi connectivity index (χ1) is 9.16. The van der Waals surface area contributed by atoms with Gasteiger partial charge in [0.05, 0.1) is 17.1 Å². The fourth-order valence-electron chi connectivity index (χ4n) is 2.13. The molecule has 5 heteroatoms. The Balaban J connectivity index is 2.16. The Kier molecular flexibility index (Phi) is 2.59. The topological polar surface area (TPSA) is 48.8 Å². The molecule has 0 unspecified atom stereocenters. The van der Waals surface area contributed by atoms with Crippen molar-refractivity contribution in [2.24, 2.45) is 7.05 Å². The van der Waals surface area contributed by atoms with Gasteiger partial charge < -0.3 is 10.3 Å². The van der Waals surface area contributed by atoms with Crippen molar-refractivity contribution < 1.29 is 4.39 Å². The number of nitrogens with two attached hydrogens (primary N) is 1. The first kappa shape index (κ1) is 11.5. The summed E-state index contributed by atoms with van der Waals surface area (Å²) in [7, 11) is 1.77. The molecule has 2 N–H and O–H groups in total. The molecule has 0 bridgehead atoms. The van der Waals surface area contributed by atoms with Crippen LogP contribution >= 0.6 is 0 Å². The molecule has 96 valence electrons. The van der Waals surface area contributed by atoms with Crippen molar-refractivity contribution in [2.45, 2.75) is 0 Å². The number of rotatable bonds is 2. The third-order valence-corrected chi connectivity index (χ3v) is 3.10. The number of aryl methyl sites for hydroxylation is 1. The van der Waals surface area contributed by atoms with Crippen LogP contribution < -0.4 is 5.73 Å². The molecular formula is C14H13FN4. The minimum absolute atomic E-state index is 0.318.